The fourth-order valence-corrected chi connectivity index (χ4v) is 10.2. The highest BCUT2D eigenvalue weighted by Crippen LogP contribution is 2.62. The summed E-state index contributed by atoms with van der Waals surface area (Å²) in [5.74, 6) is -2.42. The van der Waals surface area contributed by atoms with Gasteiger partial charge in [0.25, 0.3) is 5.69 Å². The number of nitrogens with zero attached hydrogens (tertiary/aromatic N) is 3. The van der Waals surface area contributed by atoms with Crippen molar-refractivity contribution >= 4 is 23.4 Å². The minimum Gasteiger partial charge on any atom is -0.489 e. The monoisotopic (exact) mass is 941 g/mol. The fraction of sp³-hybridized carbons (Fsp3) is 0.500. The minimum atomic E-state index is -1.58. The van der Waals surface area contributed by atoms with Gasteiger partial charge < -0.3 is 48.7 Å². The number of allylic oxidation sites excluding steroid dienone is 1. The summed E-state index contributed by atoms with van der Waals surface area (Å²) >= 11 is 0. The van der Waals surface area contributed by atoms with Crippen molar-refractivity contribution in [3.63, 3.8) is 0 Å². The molecule has 2 aliphatic carbocycles. The van der Waals surface area contributed by atoms with E-state index in [2.05, 4.69) is 12.7 Å². The first-order valence-electron chi connectivity index (χ1n) is 23.8. The van der Waals surface area contributed by atoms with E-state index in [0.717, 1.165) is 43.2 Å². The van der Waals surface area contributed by atoms with Gasteiger partial charge in [-0.3, -0.25) is 14.9 Å². The average molecular weight is 942 g/mol. The molecule has 2 aliphatic heterocycles. The molecule has 15 nitrogen and oxygen atoms in total. The number of fused-ring (bicyclic) bond motifs is 2. The van der Waals surface area contributed by atoms with Crippen molar-refractivity contribution in [2.75, 3.05) is 52.8 Å². The van der Waals surface area contributed by atoms with E-state index in [1.54, 1.807) is 53.5 Å². The second-order valence-corrected chi connectivity index (χ2v) is 17.6. The number of carbonyl (C=O) groups excluding carboxylic acids is 1. The molecular weight excluding hydrogens is 878 g/mol. The lowest BCUT2D eigenvalue weighted by Crippen LogP contribution is -2.70. The van der Waals surface area contributed by atoms with Gasteiger partial charge in [0, 0.05) is 67.9 Å². The normalized spacial score (nSPS) is 24.6. The van der Waals surface area contributed by atoms with Gasteiger partial charge in [-0.2, -0.15) is 0 Å². The number of amides is 1. The number of aliphatic hydroxyl groups excluding tert-OH is 3. The lowest BCUT2D eigenvalue weighted by molar-refractivity contribution is -0.384. The second-order valence-electron chi connectivity index (χ2n) is 17.6. The number of nitro benzene ring substituents is 1. The van der Waals surface area contributed by atoms with Gasteiger partial charge >= 0.3 is 0 Å². The van der Waals surface area contributed by atoms with E-state index >= 15 is 0 Å². The first-order valence-corrected chi connectivity index (χ1v) is 23.8. The first kappa shape index (κ1) is 50.4. The van der Waals surface area contributed by atoms with Crippen LogP contribution in [-0.4, -0.2) is 108 Å². The number of hydrogen-bond donors (Lipinski definition) is 3. The predicted molar refractivity (Wildman–Crippen MR) is 252 cm³/mol. The van der Waals surface area contributed by atoms with Gasteiger partial charge in [-0.25, -0.2) is 4.39 Å². The number of hydrogen-bond acceptors (Lipinski definition) is 13. The van der Waals surface area contributed by atoms with Crippen molar-refractivity contribution in [3.05, 3.63) is 130 Å². The van der Waals surface area contributed by atoms with Crippen LogP contribution in [0.5, 0.6) is 11.5 Å². The third kappa shape index (κ3) is 12.0. The molecule has 0 spiro atoms. The number of aliphatic hydroxyl groups is 3. The Hall–Kier alpha value is -5.49. The zero-order valence-corrected chi connectivity index (χ0v) is 38.5. The number of ether oxygens (including phenoxy) is 5. The number of benzene rings is 3. The van der Waals surface area contributed by atoms with Crippen LogP contribution in [0.15, 0.2) is 102 Å². The SMILES string of the molecule is C=CCO[C@@]12Oc3ccc(OCc4ccccc4F)cc3[C@H]3[C@H](CCCCO)[C@@H](CCCCO)C=C(C(=NOC4CCCCO4)C[C@@H]1N(CCOCCO)C(=O)C=Cc1ccc([N+](=O)[O-])cc1)[C@H]32. The third-order valence-corrected chi connectivity index (χ3v) is 13.3. The van der Waals surface area contributed by atoms with E-state index in [-0.39, 0.29) is 88.5 Å². The molecule has 1 amide bonds. The van der Waals surface area contributed by atoms with Crippen LogP contribution in [-0.2, 0) is 30.4 Å². The Morgan fingerprint density at radius 2 is 1.79 bits per heavy atom. The van der Waals surface area contributed by atoms with Crippen LogP contribution in [0.4, 0.5) is 10.1 Å². The number of unbranched alkanes of at least 4 members (excludes halogenated alkanes) is 2. The summed E-state index contributed by atoms with van der Waals surface area (Å²) in [6.45, 7) is 4.59. The van der Waals surface area contributed by atoms with Gasteiger partial charge in [0.05, 0.1) is 49.6 Å². The molecule has 0 bridgehead atoms. The molecule has 4 aliphatic rings. The number of carbonyl (C=O) groups is 1. The predicted octanol–water partition coefficient (Wildman–Crippen LogP) is 8.02. The molecular formula is C52H64FN3O12. The Bertz CT molecular complexity index is 2250. The Kier molecular flexibility index (Phi) is 18.3. The quantitative estimate of drug-likeness (QED) is 0.0244. The molecule has 1 unspecified atom stereocenters. The molecule has 68 heavy (non-hydrogen) atoms. The van der Waals surface area contributed by atoms with Crippen LogP contribution in [0, 0.1) is 33.7 Å². The highest BCUT2D eigenvalue weighted by Gasteiger charge is 2.65. The molecule has 7 rings (SSSR count). The minimum absolute atomic E-state index is 0.00999. The second kappa shape index (κ2) is 24.7. The summed E-state index contributed by atoms with van der Waals surface area (Å²) in [6.07, 6.45) is 13.1. The molecule has 0 radical (unpaired) electrons. The van der Waals surface area contributed by atoms with Crippen molar-refractivity contribution in [2.45, 2.75) is 94.9 Å². The topological polar surface area (TPSA) is 192 Å². The average Bonchev–Trinajstić information content (AvgIpc) is 3.35. The molecule has 7 atom stereocenters. The van der Waals surface area contributed by atoms with Crippen molar-refractivity contribution in [2.24, 2.45) is 22.9 Å². The van der Waals surface area contributed by atoms with Crippen LogP contribution >= 0.6 is 0 Å². The molecule has 2 fully saturated rings. The lowest BCUT2D eigenvalue weighted by atomic mass is 9.55. The van der Waals surface area contributed by atoms with Crippen LogP contribution in [0.2, 0.25) is 0 Å². The maximum absolute atomic E-state index is 14.9. The number of halogens is 1. The van der Waals surface area contributed by atoms with Crippen LogP contribution < -0.4 is 9.47 Å². The van der Waals surface area contributed by atoms with E-state index < -0.39 is 34.9 Å². The molecule has 3 aromatic rings. The van der Waals surface area contributed by atoms with Gasteiger partial charge in [0.15, 0.2) is 0 Å². The molecule has 3 aromatic carbocycles. The summed E-state index contributed by atoms with van der Waals surface area (Å²) < 4.78 is 47.3. The molecule has 3 N–H and O–H groups in total. The summed E-state index contributed by atoms with van der Waals surface area (Å²) in [6, 6.07) is 17.0. The molecule has 1 saturated heterocycles. The zero-order chi connectivity index (χ0) is 47.9. The van der Waals surface area contributed by atoms with E-state index in [9.17, 15) is 34.6 Å². The summed E-state index contributed by atoms with van der Waals surface area (Å²) in [5, 5.41) is 45.9. The van der Waals surface area contributed by atoms with Gasteiger partial charge in [-0.1, -0.05) is 48.3 Å². The zero-order valence-electron chi connectivity index (χ0n) is 38.5. The van der Waals surface area contributed by atoms with Gasteiger partial charge in [0.2, 0.25) is 18.0 Å². The van der Waals surface area contributed by atoms with Gasteiger partial charge in [-0.15, -0.1) is 6.58 Å². The van der Waals surface area contributed by atoms with Crippen LogP contribution in [0.3, 0.4) is 0 Å². The highest BCUT2D eigenvalue weighted by atomic mass is 19.1. The molecule has 1 saturated carbocycles. The number of nitro groups is 1. The smallest absolute Gasteiger partial charge is 0.269 e. The highest BCUT2D eigenvalue weighted by molar-refractivity contribution is 6.03. The molecule has 16 heteroatoms. The van der Waals surface area contributed by atoms with E-state index in [1.165, 1.54) is 24.3 Å². The van der Waals surface area contributed by atoms with Crippen molar-refractivity contribution in [1.29, 1.82) is 0 Å². The fourth-order valence-electron chi connectivity index (χ4n) is 10.2. The van der Waals surface area contributed by atoms with E-state index in [0.29, 0.717) is 60.6 Å². The van der Waals surface area contributed by atoms with Crippen LogP contribution in [0.25, 0.3) is 6.08 Å². The van der Waals surface area contributed by atoms with Gasteiger partial charge in [0.1, 0.15) is 30.0 Å². The summed E-state index contributed by atoms with van der Waals surface area (Å²) in [5.41, 5.74) is 3.15. The Morgan fingerprint density at radius 1 is 1.00 bits per heavy atom. The summed E-state index contributed by atoms with van der Waals surface area (Å²) in [7, 11) is 0. The molecule has 366 valence electrons. The van der Waals surface area contributed by atoms with Crippen molar-refractivity contribution in [3.8, 4) is 11.5 Å². The maximum atomic E-state index is 14.9. The first-order chi connectivity index (χ1) is 33.2. The largest absolute Gasteiger partial charge is 0.489 e. The van der Waals surface area contributed by atoms with Gasteiger partial charge in [-0.05, 0) is 104 Å². The number of oxime groups is 1. The lowest BCUT2D eigenvalue weighted by Gasteiger charge is -2.60. The van der Waals surface area contributed by atoms with Crippen molar-refractivity contribution < 1.29 is 57.9 Å². The van der Waals surface area contributed by atoms with E-state index in [1.807, 2.05) is 12.1 Å². The maximum Gasteiger partial charge on any atom is 0.269 e. The Balaban J connectivity index is 1.41. The molecule has 0 aromatic heterocycles. The van der Waals surface area contributed by atoms with Crippen molar-refractivity contribution in [1.82, 2.24) is 4.90 Å². The van der Waals surface area contributed by atoms with E-state index in [4.69, 9.17) is 33.7 Å². The number of rotatable bonds is 25. The summed E-state index contributed by atoms with van der Waals surface area (Å²) in [4.78, 5) is 33.8. The number of non-ortho nitro benzene ring substituents is 1. The Morgan fingerprint density at radius 3 is 2.51 bits per heavy atom. The third-order valence-electron chi connectivity index (χ3n) is 13.3. The Labute approximate surface area is 397 Å². The molecule has 2 heterocycles. The van der Waals surface area contributed by atoms with Crippen LogP contribution in [0.1, 0.15) is 86.8 Å². The standard InChI is InChI=1S/C52H64FN3O12/c1-2-28-66-52-47(55(24-30-63-31-27-59)48(60)23-18-36-16-19-39(20-17-36)56(61)62)34-45(54-68-49-15-7-10-29-64-49)42-32-37(11-5-8-25-57)41(13-6-9-26-58)50(51(42)52)43-33-40(21-22-46(43)67-52)65-35-38-12-3-4-14-44(38)53/h2-4,12,14,16-23,32-33,37,41,47,49-51,57-59H,1,5-11,13,15,24-31,34-35H2/t37-,41+,47-,49?,50+,51+,52+/m0/s1.